The molecule has 1 aliphatic heterocycles. The predicted molar refractivity (Wildman–Crippen MR) is 74.4 cm³/mol. The zero-order valence-electron chi connectivity index (χ0n) is 10.5. The number of hydrogen-bond acceptors (Lipinski definition) is 4. The number of ether oxygens (including phenoxy) is 1. The van der Waals surface area contributed by atoms with Crippen molar-refractivity contribution >= 4 is 5.84 Å². The number of pyridine rings is 1. The van der Waals surface area contributed by atoms with Crippen molar-refractivity contribution in [1.82, 2.24) is 10.3 Å². The molecule has 19 heavy (non-hydrogen) atoms. The lowest BCUT2D eigenvalue weighted by Crippen LogP contribution is -2.20. The molecule has 0 saturated heterocycles. The van der Waals surface area contributed by atoms with Crippen molar-refractivity contribution in [2.75, 3.05) is 13.1 Å². The Morgan fingerprint density at radius 2 is 2.11 bits per heavy atom. The van der Waals surface area contributed by atoms with Crippen LogP contribution in [0, 0.1) is 0 Å². The van der Waals surface area contributed by atoms with Crippen molar-refractivity contribution in [3.8, 4) is 5.75 Å². The molecule has 0 fully saturated rings. The standard InChI is InChI=1S/C15H15N3O/c1-2-6-14(13(5-1)15-17-8-9-18-15)19-11-12-4-3-7-16-10-12/h1-7,10H,8-9,11H2,(H,17,18). The van der Waals surface area contributed by atoms with Crippen LogP contribution in [0.4, 0.5) is 0 Å². The smallest absolute Gasteiger partial charge is 0.132 e. The molecule has 0 unspecified atom stereocenters. The quantitative estimate of drug-likeness (QED) is 0.906. The molecule has 1 aliphatic rings. The number of aliphatic imine (C=N–C) groups is 1. The molecule has 0 amide bonds. The monoisotopic (exact) mass is 253 g/mol. The van der Waals surface area contributed by atoms with Gasteiger partial charge in [-0.25, -0.2) is 0 Å². The van der Waals surface area contributed by atoms with Crippen molar-refractivity contribution in [3.63, 3.8) is 0 Å². The van der Waals surface area contributed by atoms with E-state index in [4.69, 9.17) is 4.74 Å². The Labute approximate surface area is 112 Å². The summed E-state index contributed by atoms with van der Waals surface area (Å²) >= 11 is 0. The Hall–Kier alpha value is -2.36. The van der Waals surface area contributed by atoms with Gasteiger partial charge in [-0.15, -0.1) is 0 Å². The molecule has 0 bridgehead atoms. The van der Waals surface area contributed by atoms with Crippen LogP contribution in [0.2, 0.25) is 0 Å². The lowest BCUT2D eigenvalue weighted by molar-refractivity contribution is 0.305. The van der Waals surface area contributed by atoms with Crippen LogP contribution in [0.25, 0.3) is 0 Å². The third kappa shape index (κ3) is 2.73. The van der Waals surface area contributed by atoms with Crippen LogP contribution >= 0.6 is 0 Å². The Kier molecular flexibility index (Phi) is 3.40. The molecule has 0 saturated carbocycles. The molecule has 0 atom stereocenters. The number of nitrogens with one attached hydrogen (secondary N) is 1. The first-order valence-corrected chi connectivity index (χ1v) is 6.33. The highest BCUT2D eigenvalue weighted by atomic mass is 16.5. The molecule has 0 aliphatic carbocycles. The summed E-state index contributed by atoms with van der Waals surface area (Å²) in [7, 11) is 0. The van der Waals surface area contributed by atoms with Gasteiger partial charge in [0, 0.05) is 24.5 Å². The molecular formula is C15H15N3O. The summed E-state index contributed by atoms with van der Waals surface area (Å²) in [6.45, 7) is 2.23. The number of aromatic nitrogens is 1. The topological polar surface area (TPSA) is 46.5 Å². The molecule has 1 N–H and O–H groups in total. The molecular weight excluding hydrogens is 238 g/mol. The predicted octanol–water partition coefficient (Wildman–Crippen LogP) is 2.01. The molecule has 4 nitrogen and oxygen atoms in total. The van der Waals surface area contributed by atoms with Gasteiger partial charge in [-0.3, -0.25) is 9.98 Å². The van der Waals surface area contributed by atoms with E-state index < -0.39 is 0 Å². The summed E-state index contributed by atoms with van der Waals surface area (Å²) < 4.78 is 5.87. The average molecular weight is 253 g/mol. The van der Waals surface area contributed by atoms with E-state index in [1.54, 1.807) is 6.20 Å². The van der Waals surface area contributed by atoms with Crippen LogP contribution in [0.5, 0.6) is 5.75 Å². The number of hydrogen-bond donors (Lipinski definition) is 1. The SMILES string of the molecule is c1cncc(COc2ccccc2C2=NCCN2)c1. The first-order valence-electron chi connectivity index (χ1n) is 6.33. The fourth-order valence-electron chi connectivity index (χ4n) is 2.01. The van der Waals surface area contributed by atoms with Crippen LogP contribution in [0.15, 0.2) is 53.8 Å². The van der Waals surface area contributed by atoms with Gasteiger partial charge >= 0.3 is 0 Å². The fourth-order valence-corrected chi connectivity index (χ4v) is 2.01. The lowest BCUT2D eigenvalue weighted by Gasteiger charge is -2.11. The zero-order chi connectivity index (χ0) is 12.9. The molecule has 0 radical (unpaired) electrons. The Morgan fingerprint density at radius 3 is 2.89 bits per heavy atom. The summed E-state index contributed by atoms with van der Waals surface area (Å²) in [5.74, 6) is 1.77. The number of amidine groups is 1. The van der Waals surface area contributed by atoms with E-state index in [0.29, 0.717) is 6.61 Å². The number of para-hydroxylation sites is 1. The second-order valence-corrected chi connectivity index (χ2v) is 4.30. The zero-order valence-corrected chi connectivity index (χ0v) is 10.5. The molecule has 1 aromatic carbocycles. The maximum atomic E-state index is 5.87. The van der Waals surface area contributed by atoms with E-state index >= 15 is 0 Å². The van der Waals surface area contributed by atoms with Gasteiger partial charge in [0.25, 0.3) is 0 Å². The summed E-state index contributed by atoms with van der Waals surface area (Å²) in [4.78, 5) is 8.52. The maximum absolute atomic E-state index is 5.87. The van der Waals surface area contributed by atoms with Gasteiger partial charge in [0.05, 0.1) is 12.1 Å². The van der Waals surface area contributed by atoms with Crippen LogP contribution in [0.1, 0.15) is 11.1 Å². The Morgan fingerprint density at radius 1 is 1.16 bits per heavy atom. The summed E-state index contributed by atoms with van der Waals surface area (Å²) in [5.41, 5.74) is 2.07. The van der Waals surface area contributed by atoms with Gasteiger partial charge in [0.15, 0.2) is 0 Å². The van der Waals surface area contributed by atoms with Crippen molar-refractivity contribution in [3.05, 3.63) is 59.9 Å². The summed E-state index contributed by atoms with van der Waals surface area (Å²) in [6.07, 6.45) is 3.57. The van der Waals surface area contributed by atoms with Crippen molar-refractivity contribution < 1.29 is 4.74 Å². The van der Waals surface area contributed by atoms with Crippen LogP contribution in [-0.4, -0.2) is 23.9 Å². The van der Waals surface area contributed by atoms with Gasteiger partial charge in [0.2, 0.25) is 0 Å². The molecule has 2 heterocycles. The molecule has 2 aromatic rings. The highest BCUT2D eigenvalue weighted by molar-refractivity contribution is 6.02. The highest BCUT2D eigenvalue weighted by Gasteiger charge is 2.12. The third-order valence-corrected chi connectivity index (χ3v) is 2.93. The van der Waals surface area contributed by atoms with E-state index in [9.17, 15) is 0 Å². The van der Waals surface area contributed by atoms with Gasteiger partial charge in [-0.2, -0.15) is 0 Å². The van der Waals surface area contributed by atoms with E-state index in [2.05, 4.69) is 15.3 Å². The number of benzene rings is 1. The first-order chi connectivity index (χ1) is 9.43. The molecule has 0 spiro atoms. The Balaban J connectivity index is 1.77. The molecule has 3 rings (SSSR count). The minimum absolute atomic E-state index is 0.512. The minimum atomic E-state index is 0.512. The normalized spacial score (nSPS) is 13.8. The highest BCUT2D eigenvalue weighted by Crippen LogP contribution is 2.20. The maximum Gasteiger partial charge on any atom is 0.132 e. The largest absolute Gasteiger partial charge is 0.488 e. The first kappa shape index (κ1) is 11.7. The van der Waals surface area contributed by atoms with Gasteiger partial charge in [0.1, 0.15) is 18.2 Å². The van der Waals surface area contributed by atoms with Crippen molar-refractivity contribution in [2.45, 2.75) is 6.61 Å². The minimum Gasteiger partial charge on any atom is -0.488 e. The van der Waals surface area contributed by atoms with E-state index in [0.717, 1.165) is 35.8 Å². The second-order valence-electron chi connectivity index (χ2n) is 4.30. The van der Waals surface area contributed by atoms with Gasteiger partial charge in [-0.05, 0) is 18.2 Å². The second kappa shape index (κ2) is 5.52. The summed E-state index contributed by atoms with van der Waals surface area (Å²) in [6, 6.07) is 11.9. The van der Waals surface area contributed by atoms with Crippen LogP contribution < -0.4 is 10.1 Å². The van der Waals surface area contributed by atoms with Crippen LogP contribution in [-0.2, 0) is 6.61 Å². The molecule has 96 valence electrons. The lowest BCUT2D eigenvalue weighted by atomic mass is 10.2. The van der Waals surface area contributed by atoms with Gasteiger partial charge < -0.3 is 10.1 Å². The van der Waals surface area contributed by atoms with Crippen molar-refractivity contribution in [2.24, 2.45) is 4.99 Å². The van der Waals surface area contributed by atoms with E-state index in [-0.39, 0.29) is 0 Å². The Bertz CT molecular complexity index is 581. The fraction of sp³-hybridized carbons (Fsp3) is 0.200. The van der Waals surface area contributed by atoms with E-state index in [1.807, 2.05) is 42.6 Å². The van der Waals surface area contributed by atoms with Crippen LogP contribution in [0.3, 0.4) is 0 Å². The number of nitrogens with zero attached hydrogens (tertiary/aromatic N) is 2. The summed E-state index contributed by atoms with van der Waals surface area (Å²) in [5, 5.41) is 3.27. The molecule has 1 aromatic heterocycles. The number of rotatable bonds is 4. The third-order valence-electron chi connectivity index (χ3n) is 2.93. The molecule has 4 heteroatoms. The van der Waals surface area contributed by atoms with E-state index in [1.165, 1.54) is 0 Å². The average Bonchev–Trinajstić information content (AvgIpc) is 3.01. The van der Waals surface area contributed by atoms with Gasteiger partial charge in [-0.1, -0.05) is 18.2 Å². The van der Waals surface area contributed by atoms with Crippen molar-refractivity contribution in [1.29, 1.82) is 0 Å².